The molecule has 2 aromatic carbocycles. The van der Waals surface area contributed by atoms with Gasteiger partial charge in [-0.2, -0.15) is 0 Å². The standard InChI is InChI=1S/C21H27NO4S/c1-15(27-18-10-11-19(25-3)20(14-18)26-4)21(23)22-12-6-8-16-7-5-9-17(13-16)24-2/h5,7,9-11,13-15H,6,8,12H2,1-4H3,(H,22,23). The minimum atomic E-state index is -0.195. The van der Waals surface area contributed by atoms with E-state index in [4.69, 9.17) is 14.2 Å². The Labute approximate surface area is 165 Å². The third kappa shape index (κ3) is 6.40. The van der Waals surface area contributed by atoms with Gasteiger partial charge in [0.1, 0.15) is 5.75 Å². The highest BCUT2D eigenvalue weighted by Gasteiger charge is 2.15. The van der Waals surface area contributed by atoms with Crippen LogP contribution in [0.15, 0.2) is 47.4 Å². The highest BCUT2D eigenvalue weighted by molar-refractivity contribution is 8.00. The number of hydrogen-bond donors (Lipinski definition) is 1. The number of aryl methyl sites for hydroxylation is 1. The summed E-state index contributed by atoms with van der Waals surface area (Å²) >= 11 is 1.50. The predicted octanol–water partition coefficient (Wildman–Crippen LogP) is 3.94. The van der Waals surface area contributed by atoms with Gasteiger partial charge >= 0.3 is 0 Å². The number of rotatable bonds is 10. The maximum Gasteiger partial charge on any atom is 0.233 e. The molecule has 0 spiro atoms. The molecule has 0 heterocycles. The predicted molar refractivity (Wildman–Crippen MR) is 109 cm³/mol. The number of methoxy groups -OCH3 is 3. The van der Waals surface area contributed by atoms with E-state index in [0.29, 0.717) is 18.0 Å². The van der Waals surface area contributed by atoms with Gasteiger partial charge in [-0.15, -0.1) is 11.8 Å². The van der Waals surface area contributed by atoms with Crippen molar-refractivity contribution < 1.29 is 19.0 Å². The molecule has 0 saturated heterocycles. The van der Waals surface area contributed by atoms with Gasteiger partial charge in [0.2, 0.25) is 5.91 Å². The van der Waals surface area contributed by atoms with E-state index >= 15 is 0 Å². The second-order valence-corrected chi connectivity index (χ2v) is 7.44. The Morgan fingerprint density at radius 2 is 1.81 bits per heavy atom. The summed E-state index contributed by atoms with van der Waals surface area (Å²) in [6.45, 7) is 2.55. The van der Waals surface area contributed by atoms with E-state index in [-0.39, 0.29) is 11.2 Å². The van der Waals surface area contributed by atoms with Crippen molar-refractivity contribution in [1.29, 1.82) is 0 Å². The van der Waals surface area contributed by atoms with Crippen LogP contribution >= 0.6 is 11.8 Å². The van der Waals surface area contributed by atoms with Crippen molar-refractivity contribution in [3.05, 3.63) is 48.0 Å². The van der Waals surface area contributed by atoms with Gasteiger partial charge in [-0.25, -0.2) is 0 Å². The van der Waals surface area contributed by atoms with Crippen LogP contribution in [0.5, 0.6) is 17.2 Å². The Kier molecular flexibility index (Phi) is 8.33. The lowest BCUT2D eigenvalue weighted by molar-refractivity contribution is -0.120. The highest BCUT2D eigenvalue weighted by Crippen LogP contribution is 2.33. The molecule has 146 valence electrons. The molecule has 0 bridgehead atoms. The van der Waals surface area contributed by atoms with E-state index in [9.17, 15) is 4.79 Å². The van der Waals surface area contributed by atoms with Crippen molar-refractivity contribution in [2.45, 2.75) is 29.9 Å². The van der Waals surface area contributed by atoms with E-state index in [2.05, 4.69) is 11.4 Å². The minimum absolute atomic E-state index is 0.0282. The molecule has 6 heteroatoms. The van der Waals surface area contributed by atoms with Crippen LogP contribution in [0.25, 0.3) is 0 Å². The summed E-state index contributed by atoms with van der Waals surface area (Å²) in [5.41, 5.74) is 1.20. The van der Waals surface area contributed by atoms with Gasteiger partial charge in [0.05, 0.1) is 26.6 Å². The molecule has 0 aromatic heterocycles. The minimum Gasteiger partial charge on any atom is -0.497 e. The first-order valence-electron chi connectivity index (χ1n) is 8.86. The first-order valence-corrected chi connectivity index (χ1v) is 9.74. The maximum absolute atomic E-state index is 12.3. The van der Waals surface area contributed by atoms with E-state index in [1.807, 2.05) is 43.3 Å². The van der Waals surface area contributed by atoms with Crippen molar-refractivity contribution in [3.8, 4) is 17.2 Å². The molecule has 0 aliphatic heterocycles. The fourth-order valence-electron chi connectivity index (χ4n) is 2.62. The summed E-state index contributed by atoms with van der Waals surface area (Å²) in [6.07, 6.45) is 1.78. The summed E-state index contributed by atoms with van der Waals surface area (Å²) in [5, 5.41) is 2.81. The molecular formula is C21H27NO4S. The monoisotopic (exact) mass is 389 g/mol. The SMILES string of the molecule is COc1cccc(CCCNC(=O)C(C)Sc2ccc(OC)c(OC)c2)c1. The second kappa shape index (κ2) is 10.7. The Hall–Kier alpha value is -2.34. The number of carbonyl (C=O) groups is 1. The average Bonchev–Trinajstić information content (AvgIpc) is 2.70. The quantitative estimate of drug-likeness (QED) is 0.493. The summed E-state index contributed by atoms with van der Waals surface area (Å²) in [6, 6.07) is 13.7. The largest absolute Gasteiger partial charge is 0.497 e. The molecule has 0 radical (unpaired) electrons. The van der Waals surface area contributed by atoms with E-state index in [1.165, 1.54) is 17.3 Å². The normalized spacial score (nSPS) is 11.6. The van der Waals surface area contributed by atoms with Crippen LogP contribution in [0.3, 0.4) is 0 Å². The molecular weight excluding hydrogens is 362 g/mol. The fourth-order valence-corrected chi connectivity index (χ4v) is 3.54. The zero-order chi connectivity index (χ0) is 19.6. The number of amides is 1. The molecule has 1 atom stereocenters. The molecule has 0 aliphatic rings. The van der Waals surface area contributed by atoms with Crippen molar-refractivity contribution in [3.63, 3.8) is 0 Å². The van der Waals surface area contributed by atoms with Crippen LogP contribution < -0.4 is 19.5 Å². The molecule has 2 rings (SSSR count). The van der Waals surface area contributed by atoms with Crippen LogP contribution in [-0.2, 0) is 11.2 Å². The van der Waals surface area contributed by atoms with Crippen molar-refractivity contribution in [2.75, 3.05) is 27.9 Å². The maximum atomic E-state index is 12.3. The second-order valence-electron chi connectivity index (χ2n) is 6.02. The third-order valence-corrected chi connectivity index (χ3v) is 5.21. The highest BCUT2D eigenvalue weighted by atomic mass is 32.2. The van der Waals surface area contributed by atoms with Crippen molar-refractivity contribution >= 4 is 17.7 Å². The van der Waals surface area contributed by atoms with Crippen LogP contribution in [0.4, 0.5) is 0 Å². The lowest BCUT2D eigenvalue weighted by Crippen LogP contribution is -2.31. The molecule has 1 N–H and O–H groups in total. The number of carbonyl (C=O) groups excluding carboxylic acids is 1. The van der Waals surface area contributed by atoms with Gasteiger partial charge in [0.15, 0.2) is 11.5 Å². The van der Waals surface area contributed by atoms with Gasteiger partial charge in [0.25, 0.3) is 0 Å². The molecule has 27 heavy (non-hydrogen) atoms. The Bertz CT molecular complexity index is 751. The Morgan fingerprint density at radius 3 is 2.52 bits per heavy atom. The average molecular weight is 390 g/mol. The van der Waals surface area contributed by atoms with E-state index in [0.717, 1.165) is 23.5 Å². The van der Waals surface area contributed by atoms with Gasteiger partial charge < -0.3 is 19.5 Å². The van der Waals surface area contributed by atoms with Crippen LogP contribution in [0, 0.1) is 0 Å². The zero-order valence-corrected chi connectivity index (χ0v) is 17.1. The van der Waals surface area contributed by atoms with E-state index < -0.39 is 0 Å². The van der Waals surface area contributed by atoms with Gasteiger partial charge in [-0.1, -0.05) is 12.1 Å². The molecule has 1 amide bonds. The topological polar surface area (TPSA) is 56.8 Å². The molecule has 0 fully saturated rings. The smallest absolute Gasteiger partial charge is 0.233 e. The van der Waals surface area contributed by atoms with Gasteiger partial charge in [0, 0.05) is 11.4 Å². The summed E-state index contributed by atoms with van der Waals surface area (Å²) in [7, 11) is 4.87. The Morgan fingerprint density at radius 1 is 1.04 bits per heavy atom. The van der Waals surface area contributed by atoms with Crippen LogP contribution in [-0.4, -0.2) is 39.0 Å². The summed E-state index contributed by atoms with van der Waals surface area (Å²) in [5.74, 6) is 2.22. The van der Waals surface area contributed by atoms with Crippen LogP contribution in [0.1, 0.15) is 18.9 Å². The van der Waals surface area contributed by atoms with Gasteiger partial charge in [-0.05, 0) is 55.7 Å². The number of nitrogens with one attached hydrogen (secondary N) is 1. The van der Waals surface area contributed by atoms with Crippen molar-refractivity contribution in [2.24, 2.45) is 0 Å². The first-order chi connectivity index (χ1) is 13.1. The van der Waals surface area contributed by atoms with Crippen molar-refractivity contribution in [1.82, 2.24) is 5.32 Å². The first kappa shape index (κ1) is 21.0. The lowest BCUT2D eigenvalue weighted by Gasteiger charge is -2.14. The summed E-state index contributed by atoms with van der Waals surface area (Å²) < 4.78 is 15.8. The zero-order valence-electron chi connectivity index (χ0n) is 16.3. The van der Waals surface area contributed by atoms with Crippen LogP contribution in [0.2, 0.25) is 0 Å². The number of thioether (sulfide) groups is 1. The van der Waals surface area contributed by atoms with E-state index in [1.54, 1.807) is 21.3 Å². The number of hydrogen-bond acceptors (Lipinski definition) is 5. The summed E-state index contributed by atoms with van der Waals surface area (Å²) in [4.78, 5) is 13.3. The molecule has 1 unspecified atom stereocenters. The Balaban J connectivity index is 1.78. The lowest BCUT2D eigenvalue weighted by atomic mass is 10.1. The third-order valence-electron chi connectivity index (χ3n) is 4.11. The number of benzene rings is 2. The molecule has 0 saturated carbocycles. The number of ether oxygens (including phenoxy) is 3. The molecule has 0 aliphatic carbocycles. The fraction of sp³-hybridized carbons (Fsp3) is 0.381. The molecule has 2 aromatic rings. The molecule has 5 nitrogen and oxygen atoms in total. The van der Waals surface area contributed by atoms with Gasteiger partial charge in [-0.3, -0.25) is 4.79 Å².